The maximum Gasteiger partial charge on any atom is 0.303 e. The Kier molecular flexibility index (Phi) is 4.32. The molecule has 2 rings (SSSR count). The largest absolute Gasteiger partial charge is 0.481 e. The number of carbonyl (C=O) groups excluding carboxylic acids is 1. The fourth-order valence-corrected chi connectivity index (χ4v) is 1.87. The van der Waals surface area contributed by atoms with Gasteiger partial charge in [0.05, 0.1) is 0 Å². The molecule has 2 heterocycles. The molecule has 0 unspecified atom stereocenters. The molecule has 21 heavy (non-hydrogen) atoms. The highest BCUT2D eigenvalue weighted by Gasteiger charge is 2.12. The topological polar surface area (TPSA) is 101 Å². The van der Waals surface area contributed by atoms with Gasteiger partial charge in [0.25, 0.3) is 11.5 Å². The number of pyridine rings is 1. The fourth-order valence-electron chi connectivity index (χ4n) is 1.87. The summed E-state index contributed by atoms with van der Waals surface area (Å²) in [5, 5.41) is 11.0. The lowest BCUT2D eigenvalue weighted by atomic mass is 10.2. The molecule has 0 saturated carbocycles. The van der Waals surface area contributed by atoms with Gasteiger partial charge in [-0.05, 0) is 31.0 Å². The number of aryl methyl sites for hydroxylation is 1. The SMILES string of the molecule is Cc1ccn2c(=O)c(C(=O)NCCCC(=O)O)cnc2c1. The minimum Gasteiger partial charge on any atom is -0.481 e. The molecule has 0 saturated heterocycles. The predicted octanol–water partition coefficient (Wildman–Crippen LogP) is 0.598. The standard InChI is InChI=1S/C14H15N3O4/c1-9-4-6-17-11(7-9)16-8-10(14(17)21)13(20)15-5-2-3-12(18)19/h4,6-8H,2-3,5H2,1H3,(H,15,20)(H,18,19). The normalized spacial score (nSPS) is 10.5. The average molecular weight is 289 g/mol. The zero-order valence-electron chi connectivity index (χ0n) is 11.5. The number of carbonyl (C=O) groups is 2. The Bertz CT molecular complexity index is 751. The number of hydrogen-bond acceptors (Lipinski definition) is 4. The molecule has 110 valence electrons. The van der Waals surface area contributed by atoms with E-state index in [2.05, 4.69) is 10.3 Å². The first-order valence-corrected chi connectivity index (χ1v) is 6.47. The van der Waals surface area contributed by atoms with E-state index in [4.69, 9.17) is 5.11 Å². The van der Waals surface area contributed by atoms with Crippen molar-refractivity contribution < 1.29 is 14.7 Å². The first-order chi connectivity index (χ1) is 9.99. The molecule has 7 heteroatoms. The van der Waals surface area contributed by atoms with Gasteiger partial charge < -0.3 is 10.4 Å². The summed E-state index contributed by atoms with van der Waals surface area (Å²) >= 11 is 0. The zero-order valence-corrected chi connectivity index (χ0v) is 11.5. The van der Waals surface area contributed by atoms with Crippen molar-refractivity contribution in [3.05, 3.63) is 46.0 Å². The van der Waals surface area contributed by atoms with Crippen LogP contribution in [0.5, 0.6) is 0 Å². The summed E-state index contributed by atoms with van der Waals surface area (Å²) in [6, 6.07) is 3.50. The summed E-state index contributed by atoms with van der Waals surface area (Å²) < 4.78 is 1.30. The molecular weight excluding hydrogens is 274 g/mol. The van der Waals surface area contributed by atoms with Gasteiger partial charge in [0.15, 0.2) is 0 Å². The highest BCUT2D eigenvalue weighted by atomic mass is 16.4. The maximum absolute atomic E-state index is 12.2. The molecule has 0 aromatic carbocycles. The summed E-state index contributed by atoms with van der Waals surface area (Å²) in [5.74, 6) is -1.47. The number of aliphatic carboxylic acids is 1. The Balaban J connectivity index is 2.16. The first kappa shape index (κ1) is 14.7. The summed E-state index contributed by atoms with van der Waals surface area (Å²) in [7, 11) is 0. The molecule has 7 nitrogen and oxygen atoms in total. The van der Waals surface area contributed by atoms with Gasteiger partial charge in [0, 0.05) is 25.4 Å². The molecule has 1 amide bonds. The zero-order chi connectivity index (χ0) is 15.4. The third kappa shape index (κ3) is 3.44. The van der Waals surface area contributed by atoms with Crippen molar-refractivity contribution in [1.82, 2.24) is 14.7 Å². The van der Waals surface area contributed by atoms with E-state index in [1.165, 1.54) is 10.6 Å². The average Bonchev–Trinajstić information content (AvgIpc) is 2.43. The van der Waals surface area contributed by atoms with E-state index in [1.807, 2.05) is 6.92 Å². The minimum atomic E-state index is -0.924. The van der Waals surface area contributed by atoms with Gasteiger partial charge >= 0.3 is 5.97 Å². The summed E-state index contributed by atoms with van der Waals surface area (Å²) in [6.07, 6.45) is 3.09. The van der Waals surface area contributed by atoms with Gasteiger partial charge in [-0.2, -0.15) is 0 Å². The van der Waals surface area contributed by atoms with Crippen molar-refractivity contribution in [3.63, 3.8) is 0 Å². The van der Waals surface area contributed by atoms with E-state index in [0.29, 0.717) is 12.1 Å². The second kappa shape index (κ2) is 6.17. The van der Waals surface area contributed by atoms with Crippen LogP contribution in [0.4, 0.5) is 0 Å². The van der Waals surface area contributed by atoms with Crippen molar-refractivity contribution in [2.24, 2.45) is 0 Å². The number of nitrogens with zero attached hydrogens (tertiary/aromatic N) is 2. The third-order valence-electron chi connectivity index (χ3n) is 2.96. The fraction of sp³-hybridized carbons (Fsp3) is 0.286. The van der Waals surface area contributed by atoms with Crippen LogP contribution in [-0.4, -0.2) is 32.9 Å². The van der Waals surface area contributed by atoms with Crippen LogP contribution in [0, 0.1) is 6.92 Å². The number of amides is 1. The van der Waals surface area contributed by atoms with Gasteiger partial charge in [0.2, 0.25) is 0 Å². The van der Waals surface area contributed by atoms with Crippen molar-refractivity contribution in [2.45, 2.75) is 19.8 Å². The minimum absolute atomic E-state index is 0.0332. The lowest BCUT2D eigenvalue weighted by Gasteiger charge is -2.06. The molecule has 0 bridgehead atoms. The molecule has 0 aliphatic heterocycles. The highest BCUT2D eigenvalue weighted by molar-refractivity contribution is 5.93. The molecule has 0 radical (unpaired) electrons. The number of carboxylic acids is 1. The Morgan fingerprint density at radius 3 is 2.90 bits per heavy atom. The van der Waals surface area contributed by atoms with Crippen molar-refractivity contribution in [3.8, 4) is 0 Å². The second-order valence-corrected chi connectivity index (χ2v) is 4.66. The number of fused-ring (bicyclic) bond motifs is 1. The molecule has 2 aromatic rings. The highest BCUT2D eigenvalue weighted by Crippen LogP contribution is 2.02. The molecule has 2 N–H and O–H groups in total. The molecule has 0 aliphatic rings. The molecule has 2 aromatic heterocycles. The third-order valence-corrected chi connectivity index (χ3v) is 2.96. The lowest BCUT2D eigenvalue weighted by Crippen LogP contribution is -2.32. The monoisotopic (exact) mass is 289 g/mol. The van der Waals surface area contributed by atoms with Crippen LogP contribution in [-0.2, 0) is 4.79 Å². The van der Waals surface area contributed by atoms with Crippen LogP contribution in [0.2, 0.25) is 0 Å². The van der Waals surface area contributed by atoms with Gasteiger partial charge in [-0.3, -0.25) is 18.8 Å². The van der Waals surface area contributed by atoms with Gasteiger partial charge in [-0.25, -0.2) is 4.98 Å². The smallest absolute Gasteiger partial charge is 0.303 e. The van der Waals surface area contributed by atoms with Crippen LogP contribution < -0.4 is 10.9 Å². The van der Waals surface area contributed by atoms with Crippen LogP contribution in [0.15, 0.2) is 29.3 Å². The second-order valence-electron chi connectivity index (χ2n) is 4.66. The predicted molar refractivity (Wildman–Crippen MR) is 75.4 cm³/mol. The Morgan fingerprint density at radius 1 is 1.43 bits per heavy atom. The molecule has 0 aliphatic carbocycles. The Labute approximate surface area is 120 Å². The number of rotatable bonds is 5. The molecular formula is C14H15N3O4. The van der Waals surface area contributed by atoms with Crippen LogP contribution in [0.3, 0.4) is 0 Å². The lowest BCUT2D eigenvalue weighted by molar-refractivity contribution is -0.137. The van der Waals surface area contributed by atoms with Crippen LogP contribution >= 0.6 is 0 Å². The molecule has 0 fully saturated rings. The van der Waals surface area contributed by atoms with E-state index in [1.54, 1.807) is 18.3 Å². The van der Waals surface area contributed by atoms with Crippen molar-refractivity contribution in [1.29, 1.82) is 0 Å². The van der Waals surface area contributed by atoms with E-state index < -0.39 is 17.4 Å². The first-order valence-electron chi connectivity index (χ1n) is 6.47. The van der Waals surface area contributed by atoms with E-state index in [-0.39, 0.29) is 18.5 Å². The van der Waals surface area contributed by atoms with Gasteiger partial charge in [0.1, 0.15) is 11.2 Å². The van der Waals surface area contributed by atoms with Gasteiger partial charge in [-0.1, -0.05) is 0 Å². The quantitative estimate of drug-likeness (QED) is 0.785. The van der Waals surface area contributed by atoms with Crippen molar-refractivity contribution >= 4 is 17.5 Å². The van der Waals surface area contributed by atoms with Gasteiger partial charge in [-0.15, -0.1) is 0 Å². The number of hydrogen-bond donors (Lipinski definition) is 2. The number of aromatic nitrogens is 2. The van der Waals surface area contributed by atoms with E-state index in [0.717, 1.165) is 5.56 Å². The van der Waals surface area contributed by atoms with E-state index >= 15 is 0 Å². The Morgan fingerprint density at radius 2 is 2.19 bits per heavy atom. The van der Waals surface area contributed by atoms with E-state index in [9.17, 15) is 14.4 Å². The maximum atomic E-state index is 12.2. The molecule has 0 atom stereocenters. The Hall–Kier alpha value is -2.70. The summed E-state index contributed by atoms with van der Waals surface area (Å²) in [6.45, 7) is 2.08. The van der Waals surface area contributed by atoms with Crippen LogP contribution in [0.1, 0.15) is 28.8 Å². The number of nitrogens with one attached hydrogen (secondary N) is 1. The molecule has 0 spiro atoms. The summed E-state index contributed by atoms with van der Waals surface area (Å²) in [4.78, 5) is 38.6. The summed E-state index contributed by atoms with van der Waals surface area (Å²) in [5.41, 5.74) is 0.928. The van der Waals surface area contributed by atoms with Crippen molar-refractivity contribution in [2.75, 3.05) is 6.54 Å². The number of carboxylic acid groups (broad SMARTS) is 1. The van der Waals surface area contributed by atoms with Crippen LogP contribution in [0.25, 0.3) is 5.65 Å².